The first-order valence-electron chi connectivity index (χ1n) is 12.0. The number of nitrogens with zero attached hydrogens (tertiary/aromatic N) is 4. The number of rotatable bonds is 9. The van der Waals surface area contributed by atoms with Crippen molar-refractivity contribution in [3.05, 3.63) is 40.3 Å². The average Bonchev–Trinajstić information content (AvgIpc) is 3.15. The predicted octanol–water partition coefficient (Wildman–Crippen LogP) is 1.81. The van der Waals surface area contributed by atoms with E-state index in [4.69, 9.17) is 14.8 Å². The molecule has 2 aromatic heterocycles. The van der Waals surface area contributed by atoms with Crippen molar-refractivity contribution in [2.24, 2.45) is 0 Å². The molecule has 0 aliphatic carbocycles. The molecule has 1 aliphatic rings. The number of hydrogen-bond acceptors (Lipinski definition) is 7. The van der Waals surface area contributed by atoms with Crippen LogP contribution in [-0.4, -0.2) is 83.2 Å². The number of fused-ring (bicyclic) bond motifs is 1. The Kier molecular flexibility index (Phi) is 7.60. The molecule has 35 heavy (non-hydrogen) atoms. The highest BCUT2D eigenvalue weighted by atomic mass is 32.2. The zero-order valence-corrected chi connectivity index (χ0v) is 21.3. The SMILES string of the molecule is CCCn1cc(C)c2c(=O)[nH]c(-c3cc(S(=O)(=O)N4CCN(CCO)CC4)ccc3OCC)nc21. The van der Waals surface area contributed by atoms with Crippen molar-refractivity contribution in [2.75, 3.05) is 45.9 Å². The number of sulfonamides is 1. The van der Waals surface area contributed by atoms with E-state index in [2.05, 4.69) is 11.9 Å². The number of piperazine rings is 1. The third kappa shape index (κ3) is 4.99. The van der Waals surface area contributed by atoms with Crippen LogP contribution in [0.1, 0.15) is 25.8 Å². The van der Waals surface area contributed by atoms with Crippen LogP contribution in [0.2, 0.25) is 0 Å². The number of hydrogen-bond donors (Lipinski definition) is 2. The molecule has 0 atom stereocenters. The molecule has 11 heteroatoms. The second-order valence-electron chi connectivity index (χ2n) is 8.68. The predicted molar refractivity (Wildman–Crippen MR) is 134 cm³/mol. The maximum absolute atomic E-state index is 13.4. The van der Waals surface area contributed by atoms with Crippen LogP contribution < -0.4 is 10.3 Å². The van der Waals surface area contributed by atoms with E-state index in [1.54, 1.807) is 6.07 Å². The number of aliphatic hydroxyl groups excluding tert-OH is 1. The molecule has 0 bridgehead atoms. The molecular weight excluding hydrogens is 470 g/mol. The number of aromatic nitrogens is 3. The topological polar surface area (TPSA) is 121 Å². The molecule has 1 aromatic carbocycles. The van der Waals surface area contributed by atoms with Crippen LogP contribution in [0.25, 0.3) is 22.4 Å². The van der Waals surface area contributed by atoms with E-state index in [0.29, 0.717) is 61.7 Å². The minimum Gasteiger partial charge on any atom is -0.493 e. The molecule has 190 valence electrons. The van der Waals surface area contributed by atoms with Crippen LogP contribution >= 0.6 is 0 Å². The third-order valence-electron chi connectivity index (χ3n) is 6.27. The van der Waals surface area contributed by atoms with E-state index in [9.17, 15) is 13.2 Å². The van der Waals surface area contributed by atoms with Gasteiger partial charge in [-0.3, -0.25) is 9.69 Å². The van der Waals surface area contributed by atoms with Gasteiger partial charge in [-0.25, -0.2) is 13.4 Å². The Morgan fingerprint density at radius 2 is 1.89 bits per heavy atom. The van der Waals surface area contributed by atoms with Gasteiger partial charge in [-0.2, -0.15) is 4.31 Å². The average molecular weight is 504 g/mol. The summed E-state index contributed by atoms with van der Waals surface area (Å²) in [6, 6.07) is 4.68. The van der Waals surface area contributed by atoms with Gasteiger partial charge in [0, 0.05) is 45.5 Å². The summed E-state index contributed by atoms with van der Waals surface area (Å²) < 4.78 is 36.1. The fourth-order valence-corrected chi connectivity index (χ4v) is 5.99. The standard InChI is InChI=1S/C24H33N5O5S/c1-4-8-28-16-17(3)21-23(28)25-22(26-24(21)31)19-15-18(6-7-20(19)34-5-2)35(32,33)29-11-9-27(10-12-29)13-14-30/h6-7,15-16,30H,4-5,8-14H2,1-3H3,(H,25,26,31). The van der Waals surface area contributed by atoms with Crippen molar-refractivity contribution in [1.82, 2.24) is 23.7 Å². The maximum Gasteiger partial charge on any atom is 0.260 e. The fourth-order valence-electron chi connectivity index (χ4n) is 4.54. The van der Waals surface area contributed by atoms with Gasteiger partial charge in [-0.1, -0.05) is 6.92 Å². The minimum atomic E-state index is -3.76. The molecule has 0 unspecified atom stereocenters. The molecule has 1 fully saturated rings. The molecule has 1 aliphatic heterocycles. The molecule has 10 nitrogen and oxygen atoms in total. The summed E-state index contributed by atoms with van der Waals surface area (Å²) in [5.74, 6) is 0.721. The van der Waals surface area contributed by atoms with Gasteiger partial charge in [-0.15, -0.1) is 0 Å². The van der Waals surface area contributed by atoms with Crippen molar-refractivity contribution in [3.8, 4) is 17.1 Å². The van der Waals surface area contributed by atoms with Crippen LogP contribution in [0.15, 0.2) is 34.1 Å². The first-order valence-corrected chi connectivity index (χ1v) is 13.4. The van der Waals surface area contributed by atoms with Crippen molar-refractivity contribution >= 4 is 21.1 Å². The zero-order valence-electron chi connectivity index (χ0n) is 20.5. The Morgan fingerprint density at radius 1 is 1.14 bits per heavy atom. The Morgan fingerprint density at radius 3 is 2.54 bits per heavy atom. The molecule has 0 saturated carbocycles. The molecular formula is C24H33N5O5S. The summed E-state index contributed by atoms with van der Waals surface area (Å²) >= 11 is 0. The number of nitrogens with one attached hydrogen (secondary N) is 1. The van der Waals surface area contributed by atoms with Crippen molar-refractivity contribution in [3.63, 3.8) is 0 Å². The first-order chi connectivity index (χ1) is 16.8. The molecule has 1 saturated heterocycles. The third-order valence-corrected chi connectivity index (χ3v) is 8.17. The van der Waals surface area contributed by atoms with Gasteiger partial charge in [0.05, 0.1) is 29.1 Å². The fraction of sp³-hybridized carbons (Fsp3) is 0.500. The maximum atomic E-state index is 13.4. The molecule has 3 aromatic rings. The van der Waals surface area contributed by atoms with Gasteiger partial charge in [0.15, 0.2) is 0 Å². The van der Waals surface area contributed by atoms with E-state index in [1.165, 1.54) is 16.4 Å². The highest BCUT2D eigenvalue weighted by Gasteiger charge is 2.29. The largest absolute Gasteiger partial charge is 0.493 e. The molecule has 2 N–H and O–H groups in total. The van der Waals surface area contributed by atoms with E-state index in [-0.39, 0.29) is 22.9 Å². The molecule has 0 amide bonds. The van der Waals surface area contributed by atoms with Gasteiger partial charge < -0.3 is 19.4 Å². The lowest BCUT2D eigenvalue weighted by Crippen LogP contribution is -2.49. The molecule has 0 radical (unpaired) electrons. The van der Waals surface area contributed by atoms with E-state index in [0.717, 1.165) is 18.5 Å². The van der Waals surface area contributed by atoms with Gasteiger partial charge in [-0.05, 0) is 44.0 Å². The molecule has 0 spiro atoms. The Hall–Kier alpha value is -2.73. The summed E-state index contributed by atoms with van der Waals surface area (Å²) in [7, 11) is -3.76. The molecule has 3 heterocycles. The van der Waals surface area contributed by atoms with Crippen molar-refractivity contribution in [1.29, 1.82) is 0 Å². The quantitative estimate of drug-likeness (QED) is 0.457. The summed E-state index contributed by atoms with van der Waals surface area (Å²) in [5.41, 5.74) is 1.56. The normalized spacial score (nSPS) is 15.7. The number of H-pyrrole nitrogens is 1. The lowest BCUT2D eigenvalue weighted by Gasteiger charge is -2.33. The van der Waals surface area contributed by atoms with Gasteiger partial charge in [0.25, 0.3) is 5.56 Å². The number of aryl methyl sites for hydroxylation is 2. The lowest BCUT2D eigenvalue weighted by molar-refractivity contribution is 0.151. The van der Waals surface area contributed by atoms with E-state index in [1.807, 2.05) is 29.5 Å². The van der Waals surface area contributed by atoms with Crippen molar-refractivity contribution < 1.29 is 18.3 Å². The van der Waals surface area contributed by atoms with Crippen LogP contribution in [0.5, 0.6) is 5.75 Å². The van der Waals surface area contributed by atoms with Crippen LogP contribution in [0, 0.1) is 6.92 Å². The Labute approximate surface area is 205 Å². The van der Waals surface area contributed by atoms with Crippen LogP contribution in [0.3, 0.4) is 0 Å². The van der Waals surface area contributed by atoms with Crippen LogP contribution in [-0.2, 0) is 16.6 Å². The number of aliphatic hydroxyl groups is 1. The first kappa shape index (κ1) is 25.4. The highest BCUT2D eigenvalue weighted by Crippen LogP contribution is 2.32. The summed E-state index contributed by atoms with van der Waals surface area (Å²) in [4.78, 5) is 22.7. The molecule has 4 rings (SSSR count). The van der Waals surface area contributed by atoms with Crippen molar-refractivity contribution in [2.45, 2.75) is 38.6 Å². The minimum absolute atomic E-state index is 0.0473. The lowest BCUT2D eigenvalue weighted by atomic mass is 10.1. The van der Waals surface area contributed by atoms with Crippen LogP contribution in [0.4, 0.5) is 0 Å². The number of benzene rings is 1. The second-order valence-corrected chi connectivity index (χ2v) is 10.6. The smallest absolute Gasteiger partial charge is 0.260 e. The number of aromatic amines is 1. The number of β-amino-alcohol motifs (C(OH)–C–C–N with tert-alkyl or cyclic N) is 1. The van der Waals surface area contributed by atoms with Gasteiger partial charge >= 0.3 is 0 Å². The van der Waals surface area contributed by atoms with E-state index < -0.39 is 10.0 Å². The highest BCUT2D eigenvalue weighted by molar-refractivity contribution is 7.89. The summed E-state index contributed by atoms with van der Waals surface area (Å²) in [6.45, 7) is 9.25. The zero-order chi connectivity index (χ0) is 25.2. The summed E-state index contributed by atoms with van der Waals surface area (Å²) in [5, 5.41) is 9.68. The van der Waals surface area contributed by atoms with E-state index >= 15 is 0 Å². The summed E-state index contributed by atoms with van der Waals surface area (Å²) in [6.07, 6.45) is 2.80. The number of ether oxygens (including phenoxy) is 1. The monoisotopic (exact) mass is 503 g/mol. The Bertz CT molecular complexity index is 1360. The second kappa shape index (κ2) is 10.5. The van der Waals surface area contributed by atoms with Gasteiger partial charge in [0.2, 0.25) is 10.0 Å². The van der Waals surface area contributed by atoms with Gasteiger partial charge in [0.1, 0.15) is 17.2 Å². The Balaban J connectivity index is 1.78.